The zero-order chi connectivity index (χ0) is 19.6. The van der Waals surface area contributed by atoms with Crippen molar-refractivity contribution in [1.82, 2.24) is 14.5 Å². The second kappa shape index (κ2) is 7.48. The molecule has 27 heavy (non-hydrogen) atoms. The van der Waals surface area contributed by atoms with Crippen molar-refractivity contribution in [3.05, 3.63) is 62.8 Å². The van der Waals surface area contributed by atoms with Crippen LogP contribution in [-0.4, -0.2) is 19.5 Å². The Balaban J connectivity index is 2.09. The van der Waals surface area contributed by atoms with Crippen LogP contribution >= 0.6 is 0 Å². The molecule has 1 aromatic carbocycles. The molecule has 0 spiro atoms. The molecule has 0 unspecified atom stereocenters. The zero-order valence-electron chi connectivity index (χ0n) is 14.8. The number of hydrogen-bond donors (Lipinski definition) is 1. The molecule has 2 heterocycles. The third kappa shape index (κ3) is 3.62. The van der Waals surface area contributed by atoms with Gasteiger partial charge < -0.3 is 5.32 Å². The smallest absolute Gasteiger partial charge is 0.271 e. The van der Waals surface area contributed by atoms with Crippen molar-refractivity contribution in [2.24, 2.45) is 0 Å². The lowest BCUT2D eigenvalue weighted by Gasteiger charge is -2.18. The van der Waals surface area contributed by atoms with E-state index in [4.69, 9.17) is 0 Å². The lowest BCUT2D eigenvalue weighted by Crippen LogP contribution is -2.24. The monoisotopic (exact) mass is 371 g/mol. The molecule has 0 aliphatic carbocycles. The van der Waals surface area contributed by atoms with E-state index in [-0.39, 0.29) is 28.9 Å². The quantitative estimate of drug-likeness (QED) is 0.520. The molecule has 0 aliphatic heterocycles. The zero-order valence-corrected chi connectivity index (χ0v) is 14.8. The van der Waals surface area contributed by atoms with Gasteiger partial charge in [-0.05, 0) is 25.0 Å². The van der Waals surface area contributed by atoms with Crippen molar-refractivity contribution in [1.29, 1.82) is 0 Å². The first-order valence-corrected chi connectivity index (χ1v) is 8.53. The van der Waals surface area contributed by atoms with E-state index in [9.17, 15) is 19.3 Å². The van der Waals surface area contributed by atoms with Crippen molar-refractivity contribution in [3.8, 4) is 0 Å². The van der Waals surface area contributed by atoms with Crippen molar-refractivity contribution >= 4 is 28.4 Å². The van der Waals surface area contributed by atoms with E-state index < -0.39 is 10.7 Å². The first-order chi connectivity index (χ1) is 12.9. The van der Waals surface area contributed by atoms with Gasteiger partial charge in [-0.1, -0.05) is 13.8 Å². The van der Waals surface area contributed by atoms with Gasteiger partial charge in [0.25, 0.3) is 11.2 Å². The molecule has 0 saturated heterocycles. The minimum atomic E-state index is -0.672. The number of anilines is 2. The molecular weight excluding hydrogens is 353 g/mol. The SMILES string of the molecule is CCC(CC)n1c(=O)ccc2cnc(Nc3cc([N+](=O)[O-])ccc3F)nc21. The predicted molar refractivity (Wildman–Crippen MR) is 99.8 cm³/mol. The van der Waals surface area contributed by atoms with Crippen molar-refractivity contribution in [2.75, 3.05) is 5.32 Å². The van der Waals surface area contributed by atoms with Gasteiger partial charge in [0.05, 0.1) is 10.6 Å². The summed E-state index contributed by atoms with van der Waals surface area (Å²) in [5, 5.41) is 14.2. The molecule has 8 nitrogen and oxygen atoms in total. The van der Waals surface area contributed by atoms with Crippen LogP contribution in [0.4, 0.5) is 21.7 Å². The van der Waals surface area contributed by atoms with Gasteiger partial charge in [0.15, 0.2) is 0 Å². The van der Waals surface area contributed by atoms with E-state index in [1.807, 2.05) is 13.8 Å². The van der Waals surface area contributed by atoms with E-state index >= 15 is 0 Å². The largest absolute Gasteiger partial charge is 0.321 e. The van der Waals surface area contributed by atoms with Crippen LogP contribution in [-0.2, 0) is 0 Å². The summed E-state index contributed by atoms with van der Waals surface area (Å²) in [6.07, 6.45) is 3.03. The van der Waals surface area contributed by atoms with Crippen LogP contribution in [0.15, 0.2) is 41.3 Å². The molecule has 0 saturated carbocycles. The molecule has 3 rings (SSSR count). The number of fused-ring (bicyclic) bond motifs is 1. The van der Waals surface area contributed by atoms with Crippen LogP contribution in [0.2, 0.25) is 0 Å². The van der Waals surface area contributed by atoms with Gasteiger partial charge in [0.1, 0.15) is 11.5 Å². The Morgan fingerprint density at radius 3 is 2.67 bits per heavy atom. The molecule has 0 atom stereocenters. The average molecular weight is 371 g/mol. The Labute approximate surface area is 153 Å². The molecule has 0 bridgehead atoms. The minimum Gasteiger partial charge on any atom is -0.321 e. The number of rotatable bonds is 6. The number of nitrogens with one attached hydrogen (secondary N) is 1. The van der Waals surface area contributed by atoms with E-state index in [1.165, 1.54) is 12.3 Å². The van der Waals surface area contributed by atoms with Crippen LogP contribution < -0.4 is 10.9 Å². The van der Waals surface area contributed by atoms with Gasteiger partial charge in [-0.2, -0.15) is 4.98 Å². The highest BCUT2D eigenvalue weighted by Gasteiger charge is 2.15. The Morgan fingerprint density at radius 1 is 1.26 bits per heavy atom. The van der Waals surface area contributed by atoms with Gasteiger partial charge >= 0.3 is 0 Å². The molecule has 9 heteroatoms. The molecule has 0 aliphatic rings. The average Bonchev–Trinajstić information content (AvgIpc) is 2.66. The second-order valence-electron chi connectivity index (χ2n) is 6.03. The van der Waals surface area contributed by atoms with E-state index in [1.54, 1.807) is 10.6 Å². The number of benzene rings is 1. The number of pyridine rings is 1. The standard InChI is InChI=1S/C18H18FN5O3/c1-3-12(4-2)23-16(25)8-5-11-10-20-18(22-17(11)23)21-15-9-13(24(26)27)6-7-14(15)19/h5-10,12H,3-4H2,1-2H3,(H,20,21,22). The molecule has 0 radical (unpaired) electrons. The summed E-state index contributed by atoms with van der Waals surface area (Å²) in [6, 6.07) is 6.22. The van der Waals surface area contributed by atoms with Crippen molar-refractivity contribution in [3.63, 3.8) is 0 Å². The fourth-order valence-electron chi connectivity index (χ4n) is 2.95. The van der Waals surface area contributed by atoms with Crippen LogP contribution in [0.25, 0.3) is 11.0 Å². The predicted octanol–water partition coefficient (Wildman–Crippen LogP) is 3.94. The maximum absolute atomic E-state index is 14.0. The fraction of sp³-hybridized carbons (Fsp3) is 0.278. The second-order valence-corrected chi connectivity index (χ2v) is 6.03. The maximum Gasteiger partial charge on any atom is 0.271 e. The van der Waals surface area contributed by atoms with Crippen LogP contribution in [0.1, 0.15) is 32.7 Å². The lowest BCUT2D eigenvalue weighted by atomic mass is 10.1. The van der Waals surface area contributed by atoms with Gasteiger partial charge in [0, 0.05) is 35.8 Å². The first kappa shape index (κ1) is 18.4. The lowest BCUT2D eigenvalue weighted by molar-refractivity contribution is -0.384. The van der Waals surface area contributed by atoms with Crippen molar-refractivity contribution in [2.45, 2.75) is 32.7 Å². The molecule has 1 N–H and O–H groups in total. The van der Waals surface area contributed by atoms with Gasteiger partial charge in [-0.15, -0.1) is 0 Å². The highest BCUT2D eigenvalue weighted by atomic mass is 19.1. The number of hydrogen-bond acceptors (Lipinski definition) is 6. The minimum absolute atomic E-state index is 0.0292. The number of aromatic nitrogens is 3. The van der Waals surface area contributed by atoms with E-state index in [0.29, 0.717) is 11.0 Å². The third-order valence-electron chi connectivity index (χ3n) is 4.38. The molecule has 0 amide bonds. The summed E-state index contributed by atoms with van der Waals surface area (Å²) < 4.78 is 15.6. The van der Waals surface area contributed by atoms with Crippen LogP contribution in [0.5, 0.6) is 0 Å². The molecule has 140 valence electrons. The number of non-ortho nitro benzene ring substituents is 1. The van der Waals surface area contributed by atoms with Crippen LogP contribution in [0.3, 0.4) is 0 Å². The first-order valence-electron chi connectivity index (χ1n) is 8.53. The summed E-state index contributed by atoms with van der Waals surface area (Å²) in [4.78, 5) is 31.2. The van der Waals surface area contributed by atoms with E-state index in [2.05, 4.69) is 15.3 Å². The van der Waals surface area contributed by atoms with Crippen molar-refractivity contribution < 1.29 is 9.31 Å². The van der Waals surface area contributed by atoms with E-state index in [0.717, 1.165) is 31.0 Å². The van der Waals surface area contributed by atoms with Gasteiger partial charge in [0.2, 0.25) is 5.95 Å². The summed E-state index contributed by atoms with van der Waals surface area (Å²) >= 11 is 0. The van der Waals surface area contributed by atoms with Crippen LogP contribution in [0, 0.1) is 15.9 Å². The number of nitro benzene ring substituents is 1. The summed E-state index contributed by atoms with van der Waals surface area (Å²) in [7, 11) is 0. The molecule has 3 aromatic rings. The Morgan fingerprint density at radius 2 is 2.00 bits per heavy atom. The Kier molecular flexibility index (Phi) is 5.11. The molecule has 2 aromatic heterocycles. The highest BCUT2D eigenvalue weighted by molar-refractivity contribution is 5.76. The number of nitrogens with zero attached hydrogens (tertiary/aromatic N) is 4. The third-order valence-corrected chi connectivity index (χ3v) is 4.38. The Hall–Kier alpha value is -3.36. The fourth-order valence-corrected chi connectivity index (χ4v) is 2.95. The summed E-state index contributed by atoms with van der Waals surface area (Å²) in [5.41, 5.74) is -0.119. The number of nitro groups is 1. The molecular formula is C18H18FN5O3. The normalized spacial score (nSPS) is 11.1. The Bertz CT molecular complexity index is 1060. The van der Waals surface area contributed by atoms with Gasteiger partial charge in [-0.3, -0.25) is 19.5 Å². The highest BCUT2D eigenvalue weighted by Crippen LogP contribution is 2.25. The maximum atomic E-state index is 14.0. The summed E-state index contributed by atoms with van der Waals surface area (Å²) in [6.45, 7) is 3.97. The summed E-state index contributed by atoms with van der Waals surface area (Å²) in [5.74, 6) is -0.623. The number of halogens is 1. The molecule has 0 fully saturated rings. The van der Waals surface area contributed by atoms with Gasteiger partial charge in [-0.25, -0.2) is 9.37 Å². The topological polar surface area (TPSA) is 103 Å².